The summed E-state index contributed by atoms with van der Waals surface area (Å²) in [5, 5.41) is 11.1. The highest BCUT2D eigenvalue weighted by molar-refractivity contribution is 5.47. The van der Waals surface area contributed by atoms with E-state index in [1.165, 1.54) is 0 Å². The van der Waals surface area contributed by atoms with Crippen molar-refractivity contribution in [2.45, 2.75) is 18.9 Å². The molecule has 4 nitrogen and oxygen atoms in total. The second-order valence-electron chi connectivity index (χ2n) is 4.32. The molecule has 0 spiro atoms. The maximum absolute atomic E-state index is 8.88. The van der Waals surface area contributed by atoms with Crippen LogP contribution >= 0.6 is 0 Å². The van der Waals surface area contributed by atoms with Crippen LogP contribution in [0.2, 0.25) is 0 Å². The van der Waals surface area contributed by atoms with Gasteiger partial charge in [-0.25, -0.2) is 0 Å². The Balaban J connectivity index is 2.96. The normalized spacial score (nSPS) is 11.9. The van der Waals surface area contributed by atoms with Crippen molar-refractivity contribution in [1.29, 1.82) is 0 Å². The lowest BCUT2D eigenvalue weighted by atomic mass is 10.0. The summed E-state index contributed by atoms with van der Waals surface area (Å²) in [6.45, 7) is 4.90. The van der Waals surface area contributed by atoms with E-state index in [4.69, 9.17) is 14.6 Å². The van der Waals surface area contributed by atoms with E-state index in [1.54, 1.807) is 14.2 Å². The van der Waals surface area contributed by atoms with E-state index in [-0.39, 0.29) is 12.6 Å². The van der Waals surface area contributed by atoms with E-state index in [9.17, 15) is 0 Å². The van der Waals surface area contributed by atoms with Crippen LogP contribution in [0.5, 0.6) is 11.5 Å². The van der Waals surface area contributed by atoms with Crippen molar-refractivity contribution in [3.05, 3.63) is 36.4 Å². The number of benzene rings is 1. The summed E-state index contributed by atoms with van der Waals surface area (Å²) in [5.41, 5.74) is 1.10. The molecule has 0 saturated carbocycles. The Bertz CT molecular complexity index is 393. The zero-order valence-electron chi connectivity index (χ0n) is 11.8. The quantitative estimate of drug-likeness (QED) is 0.523. The molecule has 1 atom stereocenters. The zero-order chi connectivity index (χ0) is 14.1. The zero-order valence-corrected chi connectivity index (χ0v) is 11.8. The Morgan fingerprint density at radius 1 is 1.37 bits per heavy atom. The first-order valence-corrected chi connectivity index (χ1v) is 6.54. The molecule has 1 rings (SSSR count). The van der Waals surface area contributed by atoms with Crippen LogP contribution in [-0.4, -0.2) is 32.5 Å². The molecule has 0 bridgehead atoms. The fourth-order valence-electron chi connectivity index (χ4n) is 2.14. The van der Waals surface area contributed by atoms with Crippen LogP contribution in [0.4, 0.5) is 0 Å². The van der Waals surface area contributed by atoms with Crippen LogP contribution < -0.4 is 14.8 Å². The molecular formula is C15H24NO3+. The van der Waals surface area contributed by atoms with Gasteiger partial charge in [0.25, 0.3) is 0 Å². The first-order chi connectivity index (χ1) is 9.28. The van der Waals surface area contributed by atoms with Crippen LogP contribution in [0.1, 0.15) is 24.4 Å². The molecule has 0 saturated heterocycles. The van der Waals surface area contributed by atoms with E-state index >= 15 is 0 Å². The van der Waals surface area contributed by atoms with Gasteiger partial charge in [-0.1, -0.05) is 12.1 Å². The summed E-state index contributed by atoms with van der Waals surface area (Å²) in [4.78, 5) is 0. The highest BCUT2D eigenvalue weighted by Crippen LogP contribution is 2.34. The van der Waals surface area contributed by atoms with Crippen molar-refractivity contribution < 1.29 is 19.9 Å². The Labute approximate surface area is 115 Å². The van der Waals surface area contributed by atoms with E-state index in [2.05, 4.69) is 11.9 Å². The van der Waals surface area contributed by atoms with Gasteiger partial charge in [0.2, 0.25) is 0 Å². The number of hydrogen-bond donors (Lipinski definition) is 2. The third kappa shape index (κ3) is 4.26. The first kappa shape index (κ1) is 15.5. The standard InChI is InChI=1S/C15H23NO3/c1-4-7-13(16-10-6-11-17)12-8-5-9-14(18-2)15(12)19-3/h4-5,8-9,13,16-17H,1,6-7,10-11H2,2-3H3/p+1. The molecule has 0 aliphatic rings. The van der Waals surface area contributed by atoms with Crippen molar-refractivity contribution in [3.8, 4) is 11.5 Å². The molecule has 4 heteroatoms. The summed E-state index contributed by atoms with van der Waals surface area (Å²) in [5.74, 6) is 1.52. The van der Waals surface area contributed by atoms with Gasteiger partial charge in [0.05, 0.1) is 26.3 Å². The van der Waals surface area contributed by atoms with Crippen LogP contribution in [0.3, 0.4) is 0 Å². The number of aliphatic hydroxyl groups is 1. The van der Waals surface area contributed by atoms with Gasteiger partial charge in [0.1, 0.15) is 6.04 Å². The summed E-state index contributed by atoms with van der Waals surface area (Å²) in [7, 11) is 3.29. The molecule has 19 heavy (non-hydrogen) atoms. The van der Waals surface area contributed by atoms with Crippen molar-refractivity contribution >= 4 is 0 Å². The van der Waals surface area contributed by atoms with Crippen LogP contribution in [0, 0.1) is 0 Å². The molecule has 1 aromatic carbocycles. The Kier molecular flexibility index (Phi) is 7.00. The minimum absolute atomic E-state index is 0.215. The minimum Gasteiger partial charge on any atom is -0.493 e. The second kappa shape index (κ2) is 8.56. The van der Waals surface area contributed by atoms with Gasteiger partial charge < -0.3 is 19.9 Å². The predicted molar refractivity (Wildman–Crippen MR) is 75.6 cm³/mol. The number of ether oxygens (including phenoxy) is 2. The third-order valence-electron chi connectivity index (χ3n) is 3.07. The second-order valence-corrected chi connectivity index (χ2v) is 4.32. The summed E-state index contributed by atoms with van der Waals surface area (Å²) in [6.07, 6.45) is 3.52. The number of rotatable bonds is 9. The van der Waals surface area contributed by atoms with Gasteiger partial charge >= 0.3 is 0 Å². The maximum atomic E-state index is 8.88. The Hall–Kier alpha value is -1.52. The van der Waals surface area contributed by atoms with Gasteiger partial charge in [-0.05, 0) is 12.1 Å². The highest BCUT2D eigenvalue weighted by Gasteiger charge is 2.20. The predicted octanol–water partition coefficient (Wildman–Crippen LogP) is 1.27. The number of hydrogen-bond acceptors (Lipinski definition) is 3. The van der Waals surface area contributed by atoms with Crippen molar-refractivity contribution in [2.24, 2.45) is 0 Å². The highest BCUT2D eigenvalue weighted by atomic mass is 16.5. The average Bonchev–Trinajstić information content (AvgIpc) is 2.45. The van der Waals surface area contributed by atoms with E-state index in [0.717, 1.165) is 36.4 Å². The molecule has 0 fully saturated rings. The number of aliphatic hydroxyl groups excluding tert-OH is 1. The van der Waals surface area contributed by atoms with Crippen LogP contribution in [0.15, 0.2) is 30.9 Å². The number of quaternary nitrogens is 1. The lowest BCUT2D eigenvalue weighted by molar-refractivity contribution is -0.695. The van der Waals surface area contributed by atoms with Crippen LogP contribution in [-0.2, 0) is 0 Å². The molecule has 0 aliphatic heterocycles. The SMILES string of the molecule is C=CCC([NH2+]CCCO)c1cccc(OC)c1OC. The molecule has 0 radical (unpaired) electrons. The average molecular weight is 266 g/mol. The van der Waals surface area contributed by atoms with Crippen molar-refractivity contribution in [2.75, 3.05) is 27.4 Å². The van der Waals surface area contributed by atoms with Crippen molar-refractivity contribution in [3.63, 3.8) is 0 Å². The lowest BCUT2D eigenvalue weighted by Gasteiger charge is -2.18. The Morgan fingerprint density at radius 3 is 2.74 bits per heavy atom. The van der Waals surface area contributed by atoms with E-state index in [1.807, 2.05) is 24.3 Å². The number of nitrogens with two attached hydrogens (primary N) is 1. The van der Waals surface area contributed by atoms with Gasteiger partial charge in [-0.2, -0.15) is 0 Å². The summed E-state index contributed by atoms with van der Waals surface area (Å²) >= 11 is 0. The maximum Gasteiger partial charge on any atom is 0.169 e. The summed E-state index contributed by atoms with van der Waals surface area (Å²) < 4.78 is 10.8. The molecule has 3 N–H and O–H groups in total. The third-order valence-corrected chi connectivity index (χ3v) is 3.07. The molecule has 1 aromatic rings. The molecule has 0 aromatic heterocycles. The fraction of sp³-hybridized carbons (Fsp3) is 0.467. The largest absolute Gasteiger partial charge is 0.493 e. The van der Waals surface area contributed by atoms with Gasteiger partial charge in [-0.3, -0.25) is 0 Å². The van der Waals surface area contributed by atoms with E-state index in [0.29, 0.717) is 0 Å². The number of para-hydroxylation sites is 1. The molecule has 106 valence electrons. The van der Waals surface area contributed by atoms with Gasteiger partial charge in [0, 0.05) is 19.4 Å². The van der Waals surface area contributed by atoms with Gasteiger partial charge in [0.15, 0.2) is 11.5 Å². The monoisotopic (exact) mass is 266 g/mol. The molecule has 0 heterocycles. The summed E-state index contributed by atoms with van der Waals surface area (Å²) in [6, 6.07) is 6.13. The Morgan fingerprint density at radius 2 is 2.16 bits per heavy atom. The topological polar surface area (TPSA) is 55.3 Å². The van der Waals surface area contributed by atoms with Crippen LogP contribution in [0.25, 0.3) is 0 Å². The fourth-order valence-corrected chi connectivity index (χ4v) is 2.14. The van der Waals surface area contributed by atoms with Crippen molar-refractivity contribution in [1.82, 2.24) is 0 Å². The molecule has 0 amide bonds. The van der Waals surface area contributed by atoms with Gasteiger partial charge in [-0.15, -0.1) is 6.58 Å². The molecule has 0 aliphatic carbocycles. The number of methoxy groups -OCH3 is 2. The molecular weight excluding hydrogens is 242 g/mol. The minimum atomic E-state index is 0.215. The lowest BCUT2D eigenvalue weighted by Crippen LogP contribution is -2.85. The molecule has 1 unspecified atom stereocenters. The van der Waals surface area contributed by atoms with E-state index < -0.39 is 0 Å². The smallest absolute Gasteiger partial charge is 0.169 e. The first-order valence-electron chi connectivity index (χ1n) is 6.54.